The topological polar surface area (TPSA) is 59.9 Å². The first-order chi connectivity index (χ1) is 14.0. The van der Waals surface area contributed by atoms with Crippen LogP contribution in [0, 0.1) is 16.7 Å². The third kappa shape index (κ3) is 3.98. The molecule has 0 unspecified atom stereocenters. The van der Waals surface area contributed by atoms with Gasteiger partial charge in [-0.05, 0) is 49.0 Å². The predicted molar refractivity (Wildman–Crippen MR) is 118 cm³/mol. The molecule has 0 aliphatic rings. The Morgan fingerprint density at radius 3 is 2.72 bits per heavy atom. The number of thioether (sulfide) groups is 1. The van der Waals surface area contributed by atoms with Gasteiger partial charge in [0.2, 0.25) is 0 Å². The molecule has 0 aliphatic heterocycles. The second-order valence-corrected chi connectivity index (χ2v) is 8.93. The summed E-state index contributed by atoms with van der Waals surface area (Å²) in [7, 11) is 1.42. The van der Waals surface area contributed by atoms with Crippen LogP contribution in [-0.2, 0) is 5.75 Å². The van der Waals surface area contributed by atoms with Crippen LogP contribution in [0.3, 0.4) is 0 Å². The van der Waals surface area contributed by atoms with Gasteiger partial charge in [-0.1, -0.05) is 46.9 Å². The number of fused-ring (bicyclic) bond motifs is 1. The molecule has 0 bridgehead atoms. The lowest BCUT2D eigenvalue weighted by molar-refractivity contribution is 0.386. The predicted octanol–water partition coefficient (Wildman–Crippen LogP) is 5.25. The molecule has 5 nitrogen and oxygen atoms in total. The molecule has 0 saturated carbocycles. The van der Waals surface area contributed by atoms with Gasteiger partial charge in [-0.2, -0.15) is 0 Å². The van der Waals surface area contributed by atoms with Gasteiger partial charge in [0.05, 0.1) is 7.11 Å². The van der Waals surface area contributed by atoms with Gasteiger partial charge in [-0.15, -0.1) is 0 Å². The van der Waals surface area contributed by atoms with Gasteiger partial charge < -0.3 is 9.72 Å². The van der Waals surface area contributed by atoms with Crippen molar-refractivity contribution in [1.82, 2.24) is 14.5 Å². The summed E-state index contributed by atoms with van der Waals surface area (Å²) in [5, 5.41) is 0.451. The van der Waals surface area contributed by atoms with E-state index in [9.17, 15) is 9.18 Å². The number of aromatic amines is 1. The van der Waals surface area contributed by atoms with Gasteiger partial charge >= 0.3 is 0 Å². The number of benzene rings is 2. The smallest absolute Gasteiger partial charge is 0.271 e. The van der Waals surface area contributed by atoms with Gasteiger partial charge in [0.25, 0.3) is 5.56 Å². The lowest BCUT2D eigenvalue weighted by Gasteiger charge is -2.07. The number of thiazole rings is 1. The zero-order chi connectivity index (χ0) is 20.5. The van der Waals surface area contributed by atoms with Crippen LogP contribution in [0.2, 0.25) is 0 Å². The maximum absolute atomic E-state index is 13.9. The Labute approximate surface area is 179 Å². The van der Waals surface area contributed by atoms with Crippen LogP contribution in [0.15, 0.2) is 52.4 Å². The fourth-order valence-electron chi connectivity index (χ4n) is 2.83. The first-order valence-electron chi connectivity index (χ1n) is 8.64. The normalized spacial score (nSPS) is 11.1. The number of nitrogens with zero attached hydrogens (tertiary/aromatic N) is 2. The van der Waals surface area contributed by atoms with Crippen molar-refractivity contribution < 1.29 is 9.13 Å². The first kappa shape index (κ1) is 19.8. The molecule has 1 N–H and O–H groups in total. The molecule has 0 saturated heterocycles. The summed E-state index contributed by atoms with van der Waals surface area (Å²) >= 11 is 8.03. The summed E-state index contributed by atoms with van der Waals surface area (Å²) in [5.41, 5.74) is 3.04. The molecule has 2 aromatic carbocycles. The van der Waals surface area contributed by atoms with E-state index in [2.05, 4.69) is 9.97 Å². The molecule has 2 aromatic heterocycles. The first-order valence-corrected chi connectivity index (χ1v) is 10.9. The van der Waals surface area contributed by atoms with Crippen molar-refractivity contribution in [1.29, 1.82) is 0 Å². The molecule has 4 aromatic rings. The number of aromatic nitrogens is 3. The van der Waals surface area contributed by atoms with E-state index in [0.717, 1.165) is 16.8 Å². The van der Waals surface area contributed by atoms with Gasteiger partial charge in [0.15, 0.2) is 26.3 Å². The average molecular weight is 446 g/mol. The van der Waals surface area contributed by atoms with E-state index < -0.39 is 5.82 Å². The van der Waals surface area contributed by atoms with Crippen LogP contribution in [0.4, 0.5) is 4.39 Å². The van der Waals surface area contributed by atoms with E-state index in [1.165, 1.54) is 36.3 Å². The molecule has 0 aliphatic carbocycles. The second kappa shape index (κ2) is 8.10. The maximum Gasteiger partial charge on any atom is 0.271 e. The highest BCUT2D eigenvalue weighted by Crippen LogP contribution is 2.27. The fraction of sp³-hybridized carbons (Fsp3) is 0.150. The number of aryl methyl sites for hydroxylation is 1. The number of hydrogen-bond donors (Lipinski definition) is 1. The lowest BCUT2D eigenvalue weighted by atomic mass is 10.2. The molecule has 4 rings (SSSR count). The lowest BCUT2D eigenvalue weighted by Crippen LogP contribution is -2.09. The third-order valence-corrected chi connectivity index (χ3v) is 6.61. The zero-order valence-corrected chi connectivity index (χ0v) is 18.0. The molecule has 148 valence electrons. The van der Waals surface area contributed by atoms with Crippen LogP contribution < -0.4 is 10.3 Å². The van der Waals surface area contributed by atoms with Gasteiger partial charge in [-0.25, -0.2) is 9.37 Å². The number of halogens is 1. The molecular formula is C20H16FN3O2S3. The van der Waals surface area contributed by atoms with Crippen LogP contribution in [0.5, 0.6) is 5.75 Å². The van der Waals surface area contributed by atoms with Crippen molar-refractivity contribution in [2.45, 2.75) is 17.8 Å². The number of rotatable bonds is 5. The van der Waals surface area contributed by atoms with Crippen molar-refractivity contribution in [3.8, 4) is 11.4 Å². The molecule has 0 amide bonds. The van der Waals surface area contributed by atoms with Gasteiger partial charge in [0.1, 0.15) is 4.70 Å². The molecule has 0 atom stereocenters. The summed E-state index contributed by atoms with van der Waals surface area (Å²) in [5.74, 6) is 0.223. The Bertz CT molecular complexity index is 1310. The highest BCUT2D eigenvalue weighted by atomic mass is 32.2. The number of ether oxygens (including phenoxy) is 1. The zero-order valence-electron chi connectivity index (χ0n) is 15.6. The highest BCUT2D eigenvalue weighted by Gasteiger charge is 2.14. The van der Waals surface area contributed by atoms with Crippen molar-refractivity contribution in [3.63, 3.8) is 0 Å². The van der Waals surface area contributed by atoms with E-state index in [1.54, 1.807) is 16.7 Å². The summed E-state index contributed by atoms with van der Waals surface area (Å²) in [6.07, 6.45) is 0. The van der Waals surface area contributed by atoms with E-state index in [4.69, 9.17) is 17.0 Å². The molecule has 2 heterocycles. The Balaban J connectivity index is 1.70. The molecule has 0 fully saturated rings. The number of hydrogen-bond acceptors (Lipinski definition) is 6. The van der Waals surface area contributed by atoms with Crippen LogP contribution >= 0.6 is 35.3 Å². The number of nitrogens with one attached hydrogen (secondary N) is 1. The van der Waals surface area contributed by atoms with E-state index >= 15 is 0 Å². The van der Waals surface area contributed by atoms with Gasteiger partial charge in [-0.3, -0.25) is 9.36 Å². The van der Waals surface area contributed by atoms with Crippen molar-refractivity contribution >= 4 is 45.7 Å². The average Bonchev–Trinajstić information content (AvgIpc) is 3.04. The summed E-state index contributed by atoms with van der Waals surface area (Å²) in [6.45, 7) is 2.01. The van der Waals surface area contributed by atoms with Crippen LogP contribution in [-0.4, -0.2) is 21.6 Å². The Hall–Kier alpha value is -2.49. The van der Waals surface area contributed by atoms with Crippen molar-refractivity contribution in [2.75, 3.05) is 7.11 Å². The minimum atomic E-state index is -0.423. The summed E-state index contributed by atoms with van der Waals surface area (Å²) < 4.78 is 21.7. The number of H-pyrrole nitrogens is 1. The van der Waals surface area contributed by atoms with Crippen LogP contribution in [0.25, 0.3) is 16.0 Å². The Morgan fingerprint density at radius 1 is 1.28 bits per heavy atom. The monoisotopic (exact) mass is 445 g/mol. The van der Waals surface area contributed by atoms with E-state index in [1.807, 2.05) is 31.2 Å². The largest absolute Gasteiger partial charge is 0.494 e. The minimum Gasteiger partial charge on any atom is -0.494 e. The molecule has 0 spiro atoms. The minimum absolute atomic E-state index is 0.196. The van der Waals surface area contributed by atoms with Crippen LogP contribution in [0.1, 0.15) is 11.1 Å². The molecule has 9 heteroatoms. The van der Waals surface area contributed by atoms with Crippen molar-refractivity contribution in [3.05, 3.63) is 73.7 Å². The summed E-state index contributed by atoms with van der Waals surface area (Å²) in [6, 6.07) is 12.7. The Kier molecular flexibility index (Phi) is 5.53. The van der Waals surface area contributed by atoms with E-state index in [-0.39, 0.29) is 11.3 Å². The van der Waals surface area contributed by atoms with E-state index in [0.29, 0.717) is 25.2 Å². The summed E-state index contributed by atoms with van der Waals surface area (Å²) in [4.78, 5) is 20.0. The molecule has 29 heavy (non-hydrogen) atoms. The van der Waals surface area contributed by atoms with Crippen molar-refractivity contribution in [2.24, 2.45) is 0 Å². The quantitative estimate of drug-likeness (QED) is 0.258. The third-order valence-electron chi connectivity index (χ3n) is 4.30. The SMILES string of the molecule is COc1ccc(CSc2nc3c(sc(=S)n3-c3ccc(C)cc3)c(=O)[nH]2)cc1F. The fourth-order valence-corrected chi connectivity index (χ4v) is 4.90. The molecular weight excluding hydrogens is 429 g/mol. The standard InChI is InChI=1S/C20H16FN3O2S3/c1-11-3-6-13(7-4-11)24-17-16(29-20(24)27)18(25)23-19(22-17)28-10-12-5-8-15(26-2)14(21)9-12/h3-9H,10H2,1-2H3,(H,22,23,25). The second-order valence-electron chi connectivity index (χ2n) is 6.32. The molecule has 0 radical (unpaired) electrons. The van der Waals surface area contributed by atoms with Gasteiger partial charge in [0, 0.05) is 11.4 Å². The number of methoxy groups -OCH3 is 1. The highest BCUT2D eigenvalue weighted by molar-refractivity contribution is 7.98. The maximum atomic E-state index is 13.9. The Morgan fingerprint density at radius 2 is 2.03 bits per heavy atom.